The molecule has 0 fully saturated rings. The number of benzene rings is 2. The van der Waals surface area contributed by atoms with Crippen LogP contribution in [0.2, 0.25) is 0 Å². The summed E-state index contributed by atoms with van der Waals surface area (Å²) in [5.74, 6) is 0.609. The number of ether oxygens (including phenoxy) is 2. The van der Waals surface area contributed by atoms with Crippen molar-refractivity contribution in [1.29, 1.82) is 0 Å². The van der Waals surface area contributed by atoms with E-state index in [1.807, 2.05) is 12.1 Å². The first-order valence-corrected chi connectivity index (χ1v) is 8.01. The van der Waals surface area contributed by atoms with E-state index >= 15 is 0 Å². The van der Waals surface area contributed by atoms with Crippen LogP contribution < -0.4 is 14.8 Å². The molecular formula is C19H18FN3O3. The van der Waals surface area contributed by atoms with E-state index in [0.717, 1.165) is 0 Å². The van der Waals surface area contributed by atoms with Crippen LogP contribution in [0.5, 0.6) is 11.5 Å². The molecule has 2 aromatic carbocycles. The summed E-state index contributed by atoms with van der Waals surface area (Å²) >= 11 is 0. The Hall–Kier alpha value is -3.35. The third kappa shape index (κ3) is 4.00. The van der Waals surface area contributed by atoms with Crippen molar-refractivity contribution in [3.63, 3.8) is 0 Å². The van der Waals surface area contributed by atoms with Crippen LogP contribution in [0.25, 0.3) is 5.69 Å². The number of imidazole rings is 1. The average molecular weight is 355 g/mol. The minimum absolute atomic E-state index is 0.288. The van der Waals surface area contributed by atoms with Gasteiger partial charge in [-0.1, -0.05) is 12.1 Å². The summed E-state index contributed by atoms with van der Waals surface area (Å²) in [4.78, 5) is 16.4. The van der Waals surface area contributed by atoms with Gasteiger partial charge in [0.2, 0.25) is 0 Å². The maximum atomic E-state index is 13.1. The summed E-state index contributed by atoms with van der Waals surface area (Å²) in [5, 5.41) is 2.77. The first-order valence-electron chi connectivity index (χ1n) is 8.01. The second-order valence-electron chi connectivity index (χ2n) is 5.38. The molecule has 0 aliphatic rings. The fourth-order valence-electron chi connectivity index (χ4n) is 2.42. The normalized spacial score (nSPS) is 10.4. The lowest BCUT2D eigenvalue weighted by Crippen LogP contribution is -2.29. The van der Waals surface area contributed by atoms with Crippen molar-refractivity contribution in [1.82, 2.24) is 14.9 Å². The molecule has 0 bridgehead atoms. The second kappa shape index (κ2) is 8.15. The Morgan fingerprint density at radius 1 is 1.15 bits per heavy atom. The van der Waals surface area contributed by atoms with Crippen molar-refractivity contribution in [2.75, 3.05) is 20.3 Å². The van der Waals surface area contributed by atoms with Crippen LogP contribution in [0.1, 0.15) is 10.5 Å². The summed E-state index contributed by atoms with van der Waals surface area (Å²) in [7, 11) is 1.57. The summed E-state index contributed by atoms with van der Waals surface area (Å²) in [6.45, 7) is 0.599. The van der Waals surface area contributed by atoms with Gasteiger partial charge in [-0.3, -0.25) is 9.36 Å². The standard InChI is InChI=1S/C19H18FN3O3/c1-25-17-4-2-3-5-18(17)26-11-10-22-19(24)16-12-21-13-23(16)15-8-6-14(20)7-9-15/h2-9,12-13H,10-11H2,1H3,(H,22,24). The van der Waals surface area contributed by atoms with Crippen molar-refractivity contribution >= 4 is 5.91 Å². The Morgan fingerprint density at radius 2 is 1.88 bits per heavy atom. The van der Waals surface area contributed by atoms with Gasteiger partial charge in [0.1, 0.15) is 18.1 Å². The molecule has 0 unspecified atom stereocenters. The van der Waals surface area contributed by atoms with E-state index in [2.05, 4.69) is 10.3 Å². The molecule has 7 heteroatoms. The van der Waals surface area contributed by atoms with E-state index in [4.69, 9.17) is 9.47 Å². The Bertz CT molecular complexity index is 878. The molecule has 1 amide bonds. The highest BCUT2D eigenvalue weighted by molar-refractivity contribution is 5.92. The van der Waals surface area contributed by atoms with Crippen molar-refractivity contribution in [3.8, 4) is 17.2 Å². The Morgan fingerprint density at radius 3 is 2.62 bits per heavy atom. The molecular weight excluding hydrogens is 337 g/mol. The fraction of sp³-hybridized carbons (Fsp3) is 0.158. The molecule has 134 valence electrons. The zero-order valence-electron chi connectivity index (χ0n) is 14.2. The monoisotopic (exact) mass is 355 g/mol. The lowest BCUT2D eigenvalue weighted by molar-refractivity contribution is 0.0940. The van der Waals surface area contributed by atoms with Crippen LogP contribution in [-0.2, 0) is 0 Å². The lowest BCUT2D eigenvalue weighted by atomic mass is 10.3. The molecule has 6 nitrogen and oxygen atoms in total. The highest BCUT2D eigenvalue weighted by Crippen LogP contribution is 2.25. The summed E-state index contributed by atoms with van der Waals surface area (Å²) in [6, 6.07) is 13.1. The number of halogens is 1. The predicted octanol–water partition coefficient (Wildman–Crippen LogP) is 2.83. The third-order valence-corrected chi connectivity index (χ3v) is 3.69. The van der Waals surface area contributed by atoms with Crippen LogP contribution in [0.15, 0.2) is 61.1 Å². The van der Waals surface area contributed by atoms with Crippen LogP contribution in [0.3, 0.4) is 0 Å². The van der Waals surface area contributed by atoms with Gasteiger partial charge in [0, 0.05) is 5.69 Å². The van der Waals surface area contributed by atoms with Gasteiger partial charge in [-0.05, 0) is 36.4 Å². The van der Waals surface area contributed by atoms with Gasteiger partial charge < -0.3 is 14.8 Å². The molecule has 0 saturated heterocycles. The Kier molecular flexibility index (Phi) is 5.48. The summed E-state index contributed by atoms with van der Waals surface area (Å²) in [5.41, 5.74) is 1.01. The van der Waals surface area contributed by atoms with E-state index in [-0.39, 0.29) is 18.3 Å². The molecule has 1 aromatic heterocycles. The number of nitrogens with one attached hydrogen (secondary N) is 1. The first-order chi connectivity index (χ1) is 12.7. The van der Waals surface area contributed by atoms with Crippen molar-refractivity contribution in [2.45, 2.75) is 0 Å². The van der Waals surface area contributed by atoms with E-state index < -0.39 is 0 Å². The summed E-state index contributed by atoms with van der Waals surface area (Å²) in [6.07, 6.45) is 2.97. The van der Waals surface area contributed by atoms with Gasteiger partial charge in [0.05, 0.1) is 26.2 Å². The molecule has 1 N–H and O–H groups in total. The van der Waals surface area contributed by atoms with Gasteiger partial charge in [0.25, 0.3) is 5.91 Å². The number of carbonyl (C=O) groups excluding carboxylic acids is 1. The SMILES string of the molecule is COc1ccccc1OCCNC(=O)c1cncn1-c1ccc(F)cc1. The number of rotatable bonds is 7. The average Bonchev–Trinajstić information content (AvgIpc) is 3.16. The topological polar surface area (TPSA) is 65.4 Å². The number of amides is 1. The minimum Gasteiger partial charge on any atom is -0.493 e. The van der Waals surface area contributed by atoms with Gasteiger partial charge in [-0.2, -0.15) is 0 Å². The number of carbonyl (C=O) groups is 1. The third-order valence-electron chi connectivity index (χ3n) is 3.69. The van der Waals surface area contributed by atoms with E-state index in [9.17, 15) is 9.18 Å². The molecule has 0 saturated carbocycles. The number of aromatic nitrogens is 2. The second-order valence-corrected chi connectivity index (χ2v) is 5.38. The summed E-state index contributed by atoms with van der Waals surface area (Å²) < 4.78 is 25.5. The largest absolute Gasteiger partial charge is 0.493 e. The molecule has 0 spiro atoms. The quantitative estimate of drug-likeness (QED) is 0.662. The van der Waals surface area contributed by atoms with Crippen molar-refractivity contribution < 1.29 is 18.7 Å². The number of nitrogens with zero attached hydrogens (tertiary/aromatic N) is 2. The number of para-hydroxylation sites is 2. The number of hydrogen-bond donors (Lipinski definition) is 1. The molecule has 0 aliphatic heterocycles. The molecule has 0 aliphatic carbocycles. The van der Waals surface area contributed by atoms with Gasteiger partial charge >= 0.3 is 0 Å². The molecule has 3 rings (SSSR count). The first kappa shape index (κ1) is 17.5. The van der Waals surface area contributed by atoms with Crippen LogP contribution in [-0.4, -0.2) is 35.7 Å². The Labute approximate surface area is 150 Å². The number of methoxy groups -OCH3 is 1. The molecule has 1 heterocycles. The molecule has 0 radical (unpaired) electrons. The predicted molar refractivity (Wildman–Crippen MR) is 94.3 cm³/mol. The Balaban J connectivity index is 1.58. The minimum atomic E-state index is -0.339. The van der Waals surface area contributed by atoms with Crippen LogP contribution >= 0.6 is 0 Å². The highest BCUT2D eigenvalue weighted by atomic mass is 19.1. The molecule has 0 atom stereocenters. The number of hydrogen-bond acceptors (Lipinski definition) is 4. The fourth-order valence-corrected chi connectivity index (χ4v) is 2.42. The molecule has 26 heavy (non-hydrogen) atoms. The van der Waals surface area contributed by atoms with Gasteiger partial charge in [-0.25, -0.2) is 9.37 Å². The van der Waals surface area contributed by atoms with E-state index in [1.165, 1.54) is 24.7 Å². The molecule has 3 aromatic rings. The van der Waals surface area contributed by atoms with Crippen molar-refractivity contribution in [2.24, 2.45) is 0 Å². The zero-order valence-corrected chi connectivity index (χ0v) is 14.2. The van der Waals surface area contributed by atoms with Crippen molar-refractivity contribution in [3.05, 3.63) is 72.6 Å². The van der Waals surface area contributed by atoms with E-state index in [1.54, 1.807) is 35.9 Å². The van der Waals surface area contributed by atoms with Gasteiger partial charge in [-0.15, -0.1) is 0 Å². The van der Waals surface area contributed by atoms with Crippen LogP contribution in [0.4, 0.5) is 4.39 Å². The van der Waals surface area contributed by atoms with Crippen LogP contribution in [0, 0.1) is 5.82 Å². The lowest BCUT2D eigenvalue weighted by Gasteiger charge is -2.11. The van der Waals surface area contributed by atoms with Gasteiger partial charge in [0.15, 0.2) is 11.5 Å². The zero-order chi connectivity index (χ0) is 18.4. The maximum absolute atomic E-state index is 13.1. The van der Waals surface area contributed by atoms with E-state index in [0.29, 0.717) is 29.4 Å². The maximum Gasteiger partial charge on any atom is 0.270 e. The smallest absolute Gasteiger partial charge is 0.270 e. The highest BCUT2D eigenvalue weighted by Gasteiger charge is 2.13.